The number of aromatic nitrogens is 1. The van der Waals surface area contributed by atoms with E-state index in [9.17, 15) is 13.2 Å². The summed E-state index contributed by atoms with van der Waals surface area (Å²) in [6.45, 7) is 3.47. The summed E-state index contributed by atoms with van der Waals surface area (Å²) >= 11 is 3.09. The van der Waals surface area contributed by atoms with Gasteiger partial charge in [-0.05, 0) is 41.6 Å². The normalized spacial score (nSPS) is 12.5. The highest BCUT2D eigenvalue weighted by atomic mass is 79.9. The third-order valence-corrected chi connectivity index (χ3v) is 3.70. The molecule has 0 saturated heterocycles. The Morgan fingerprint density at radius 2 is 1.86 bits per heavy atom. The van der Waals surface area contributed by atoms with E-state index in [1.54, 1.807) is 24.4 Å². The summed E-state index contributed by atoms with van der Waals surface area (Å²) in [4.78, 5) is 4.44. The van der Waals surface area contributed by atoms with E-state index in [1.807, 2.05) is 6.07 Å². The molecule has 8 heteroatoms. The quantitative estimate of drug-likeness (QED) is 0.328. The van der Waals surface area contributed by atoms with E-state index in [4.69, 9.17) is 0 Å². The first kappa shape index (κ1) is 16.8. The van der Waals surface area contributed by atoms with Gasteiger partial charge in [0.2, 0.25) is 0 Å². The molecule has 0 fully saturated rings. The van der Waals surface area contributed by atoms with Crippen molar-refractivity contribution in [1.82, 2.24) is 4.68 Å². The van der Waals surface area contributed by atoms with Crippen molar-refractivity contribution in [1.29, 1.82) is 0 Å². The number of pyridine rings is 1. The highest BCUT2D eigenvalue weighted by Crippen LogP contribution is 2.37. The number of thioether (sulfide) groups is 1. The van der Waals surface area contributed by atoms with Gasteiger partial charge >= 0.3 is 5.51 Å². The molecule has 2 aromatic rings. The SMILES string of the molecule is C=Nn1cccc(-c2ccc(SC(F)(F)F)cc2)c1=NCBr. The van der Waals surface area contributed by atoms with Gasteiger partial charge in [-0.1, -0.05) is 28.1 Å². The lowest BCUT2D eigenvalue weighted by atomic mass is 10.1. The Morgan fingerprint density at radius 3 is 2.41 bits per heavy atom. The Morgan fingerprint density at radius 1 is 1.18 bits per heavy atom. The Bertz CT molecular complexity index is 723. The summed E-state index contributed by atoms with van der Waals surface area (Å²) in [6, 6.07) is 9.73. The number of hydrogen-bond acceptors (Lipinski definition) is 3. The molecule has 0 aliphatic rings. The van der Waals surface area contributed by atoms with Gasteiger partial charge in [0.05, 0.1) is 5.45 Å². The Kier molecular flexibility index (Phi) is 5.47. The molecule has 2 rings (SSSR count). The molecule has 0 atom stereocenters. The van der Waals surface area contributed by atoms with Crippen molar-refractivity contribution in [3.05, 3.63) is 48.1 Å². The zero-order valence-electron chi connectivity index (χ0n) is 11.2. The van der Waals surface area contributed by atoms with E-state index in [-0.39, 0.29) is 16.7 Å². The highest BCUT2D eigenvalue weighted by Gasteiger charge is 2.29. The van der Waals surface area contributed by atoms with Crippen LogP contribution in [-0.2, 0) is 0 Å². The monoisotopic (exact) mass is 389 g/mol. The summed E-state index contributed by atoms with van der Waals surface area (Å²) in [5.41, 5.74) is -1.82. The summed E-state index contributed by atoms with van der Waals surface area (Å²) in [7, 11) is 0. The predicted octanol–water partition coefficient (Wildman–Crippen LogP) is 4.48. The largest absolute Gasteiger partial charge is 0.446 e. The van der Waals surface area contributed by atoms with Crippen LogP contribution in [0.2, 0.25) is 0 Å². The minimum atomic E-state index is -4.29. The van der Waals surface area contributed by atoms with Gasteiger partial charge < -0.3 is 0 Å². The summed E-state index contributed by atoms with van der Waals surface area (Å²) in [5.74, 6) is 0. The van der Waals surface area contributed by atoms with Crippen molar-refractivity contribution < 1.29 is 13.2 Å². The summed E-state index contributed by atoms with van der Waals surface area (Å²) in [5, 5.41) is 3.84. The van der Waals surface area contributed by atoms with Crippen molar-refractivity contribution >= 4 is 34.4 Å². The van der Waals surface area contributed by atoms with Crippen molar-refractivity contribution in [2.45, 2.75) is 10.4 Å². The van der Waals surface area contributed by atoms with Crippen LogP contribution in [0.4, 0.5) is 13.2 Å². The van der Waals surface area contributed by atoms with E-state index < -0.39 is 5.51 Å². The van der Waals surface area contributed by atoms with Crippen LogP contribution in [0.1, 0.15) is 0 Å². The van der Waals surface area contributed by atoms with E-state index in [2.05, 4.69) is 32.7 Å². The van der Waals surface area contributed by atoms with Gasteiger partial charge in [0.25, 0.3) is 0 Å². The van der Waals surface area contributed by atoms with Gasteiger partial charge in [-0.3, -0.25) is 4.99 Å². The first-order valence-corrected chi connectivity index (χ1v) is 7.99. The van der Waals surface area contributed by atoms with Crippen LogP contribution >= 0.6 is 27.7 Å². The molecule has 22 heavy (non-hydrogen) atoms. The van der Waals surface area contributed by atoms with Crippen LogP contribution in [0.15, 0.2) is 57.6 Å². The second kappa shape index (κ2) is 7.15. The third-order valence-electron chi connectivity index (χ3n) is 2.71. The standard InChI is InChI=1S/C14H11BrF3N3S/c1-19-21-8-2-3-12(13(21)20-9-15)10-4-6-11(7-5-10)22-14(16,17)18/h2-8H,1,9H2. The summed E-state index contributed by atoms with van der Waals surface area (Å²) < 4.78 is 38.6. The number of rotatable bonds is 4. The number of benzene rings is 1. The fraction of sp³-hybridized carbons (Fsp3) is 0.143. The molecule has 0 amide bonds. The molecular weight excluding hydrogens is 379 g/mol. The van der Waals surface area contributed by atoms with Gasteiger partial charge in [-0.2, -0.15) is 18.3 Å². The maximum absolute atomic E-state index is 12.3. The lowest BCUT2D eigenvalue weighted by Gasteiger charge is -2.08. The van der Waals surface area contributed by atoms with Crippen LogP contribution in [0, 0.1) is 0 Å². The van der Waals surface area contributed by atoms with Crippen molar-refractivity contribution in [3.8, 4) is 11.1 Å². The maximum Gasteiger partial charge on any atom is 0.446 e. The molecule has 0 radical (unpaired) electrons. The van der Waals surface area contributed by atoms with Gasteiger partial charge in [-0.15, -0.1) is 0 Å². The summed E-state index contributed by atoms with van der Waals surface area (Å²) in [6.07, 6.45) is 1.70. The number of hydrogen-bond donors (Lipinski definition) is 0. The molecule has 0 unspecified atom stereocenters. The lowest BCUT2D eigenvalue weighted by Crippen LogP contribution is -2.19. The van der Waals surface area contributed by atoms with Gasteiger partial charge in [0, 0.05) is 23.4 Å². The molecule has 0 saturated carbocycles. The predicted molar refractivity (Wildman–Crippen MR) is 86.1 cm³/mol. The van der Waals surface area contributed by atoms with Gasteiger partial charge in [-0.25, -0.2) is 4.68 Å². The first-order valence-electron chi connectivity index (χ1n) is 6.06. The second-order valence-corrected chi connectivity index (χ2v) is 5.72. The second-order valence-electron chi connectivity index (χ2n) is 4.08. The molecule has 1 heterocycles. The Labute approximate surface area is 137 Å². The van der Waals surface area contributed by atoms with Crippen LogP contribution in [0.5, 0.6) is 0 Å². The van der Waals surface area contributed by atoms with Crippen molar-refractivity contribution in [2.75, 3.05) is 5.45 Å². The molecule has 1 aromatic carbocycles. The molecule has 1 aromatic heterocycles. The zero-order chi connectivity index (χ0) is 16.2. The molecule has 3 nitrogen and oxygen atoms in total. The zero-order valence-corrected chi connectivity index (χ0v) is 13.6. The minimum Gasteiger partial charge on any atom is -0.255 e. The molecular formula is C14H11BrF3N3S. The minimum absolute atomic E-state index is 0.138. The Balaban J connectivity index is 2.45. The average molecular weight is 390 g/mol. The van der Waals surface area contributed by atoms with E-state index in [1.165, 1.54) is 16.8 Å². The topological polar surface area (TPSA) is 29.6 Å². The average Bonchev–Trinajstić information content (AvgIpc) is 2.47. The fourth-order valence-corrected chi connectivity index (χ4v) is 2.66. The van der Waals surface area contributed by atoms with E-state index in [0.717, 1.165) is 11.1 Å². The van der Waals surface area contributed by atoms with Crippen LogP contribution in [-0.4, -0.2) is 22.4 Å². The molecule has 0 spiro atoms. The van der Waals surface area contributed by atoms with Crippen LogP contribution in [0.25, 0.3) is 11.1 Å². The van der Waals surface area contributed by atoms with Crippen molar-refractivity contribution in [2.24, 2.45) is 10.1 Å². The van der Waals surface area contributed by atoms with Gasteiger partial charge in [0.1, 0.15) is 0 Å². The van der Waals surface area contributed by atoms with Crippen LogP contribution in [0.3, 0.4) is 0 Å². The number of halogens is 4. The molecule has 116 valence electrons. The lowest BCUT2D eigenvalue weighted by molar-refractivity contribution is -0.0328. The molecule has 0 N–H and O–H groups in total. The first-order chi connectivity index (χ1) is 10.4. The Hall–Kier alpha value is -1.54. The van der Waals surface area contributed by atoms with E-state index >= 15 is 0 Å². The smallest absolute Gasteiger partial charge is 0.255 e. The molecule has 0 bridgehead atoms. The van der Waals surface area contributed by atoms with Gasteiger partial charge in [0.15, 0.2) is 5.49 Å². The van der Waals surface area contributed by atoms with Crippen LogP contribution < -0.4 is 5.49 Å². The number of alkyl halides is 4. The third kappa shape index (κ3) is 4.23. The fourth-order valence-electron chi connectivity index (χ4n) is 1.88. The highest BCUT2D eigenvalue weighted by molar-refractivity contribution is 9.09. The maximum atomic E-state index is 12.3. The molecule has 0 aliphatic carbocycles. The number of nitrogens with zero attached hydrogens (tertiary/aromatic N) is 3. The molecule has 0 aliphatic heterocycles. The van der Waals surface area contributed by atoms with Crippen molar-refractivity contribution in [3.63, 3.8) is 0 Å². The van der Waals surface area contributed by atoms with E-state index in [0.29, 0.717) is 10.9 Å².